The van der Waals surface area contributed by atoms with Crippen molar-refractivity contribution in [3.05, 3.63) is 75.2 Å². The summed E-state index contributed by atoms with van der Waals surface area (Å²) < 4.78 is 6.92. The predicted octanol–water partition coefficient (Wildman–Crippen LogP) is 2.66. The summed E-state index contributed by atoms with van der Waals surface area (Å²) in [4.78, 5) is 104. The Morgan fingerprint density at radius 1 is 0.897 bits per heavy atom. The molecule has 4 aromatic rings. The van der Waals surface area contributed by atoms with Crippen LogP contribution in [0.3, 0.4) is 0 Å². The van der Waals surface area contributed by atoms with E-state index < -0.39 is 29.7 Å². The maximum absolute atomic E-state index is 13.7. The second kappa shape index (κ2) is 15.5. The maximum atomic E-state index is 13.7. The molecular formula is C40H40ClN9O8. The molecule has 4 aliphatic rings. The first-order valence-corrected chi connectivity index (χ1v) is 19.4. The van der Waals surface area contributed by atoms with E-state index in [1.165, 1.54) is 17.7 Å². The van der Waals surface area contributed by atoms with Gasteiger partial charge in [0, 0.05) is 75.4 Å². The summed E-state index contributed by atoms with van der Waals surface area (Å²) in [5, 5.41) is 6.49. The van der Waals surface area contributed by atoms with Crippen LogP contribution in [0.1, 0.15) is 53.3 Å². The summed E-state index contributed by atoms with van der Waals surface area (Å²) >= 11 is 6.52. The Hall–Kier alpha value is -6.36. The Balaban J connectivity index is 0.861. The van der Waals surface area contributed by atoms with Gasteiger partial charge in [-0.15, -0.1) is 0 Å². The third-order valence-electron chi connectivity index (χ3n) is 11.1. The zero-order valence-corrected chi connectivity index (χ0v) is 32.6. The van der Waals surface area contributed by atoms with E-state index in [9.17, 15) is 33.6 Å². The van der Waals surface area contributed by atoms with Gasteiger partial charge in [-0.05, 0) is 68.7 Å². The van der Waals surface area contributed by atoms with E-state index in [1.54, 1.807) is 43.4 Å². The van der Waals surface area contributed by atoms with Crippen LogP contribution in [0.5, 0.6) is 5.75 Å². The Bertz CT molecular complexity index is 2460. The Labute approximate surface area is 336 Å². The van der Waals surface area contributed by atoms with Crippen LogP contribution in [0.4, 0.5) is 23.1 Å². The molecule has 300 valence electrons. The number of hydrogen-bond acceptors (Lipinski definition) is 13. The van der Waals surface area contributed by atoms with Gasteiger partial charge in [-0.1, -0.05) is 11.6 Å². The molecule has 0 aliphatic carbocycles. The molecular weight excluding hydrogens is 770 g/mol. The number of amides is 5. The number of aryl methyl sites for hydroxylation is 1. The van der Waals surface area contributed by atoms with Crippen molar-refractivity contribution >= 4 is 81.0 Å². The van der Waals surface area contributed by atoms with Gasteiger partial charge in [0.25, 0.3) is 17.4 Å². The van der Waals surface area contributed by atoms with Crippen LogP contribution in [0.25, 0.3) is 10.9 Å². The first-order chi connectivity index (χ1) is 27.9. The van der Waals surface area contributed by atoms with Crippen molar-refractivity contribution < 1.29 is 33.5 Å². The molecule has 5 amide bonds. The van der Waals surface area contributed by atoms with E-state index in [0.29, 0.717) is 85.5 Å². The third kappa shape index (κ3) is 7.32. The highest BCUT2D eigenvalue weighted by atomic mass is 35.5. The number of nitrogens with zero attached hydrogens (tertiary/aromatic N) is 7. The van der Waals surface area contributed by atoms with Gasteiger partial charge in [-0.2, -0.15) is 4.98 Å². The number of anilines is 4. The summed E-state index contributed by atoms with van der Waals surface area (Å²) in [5.74, 6) is -1.50. The molecule has 0 saturated carbocycles. The molecule has 8 rings (SSSR count). The van der Waals surface area contributed by atoms with Crippen LogP contribution in [0, 0.1) is 5.92 Å². The first-order valence-electron chi connectivity index (χ1n) is 19.1. The van der Waals surface area contributed by atoms with Crippen molar-refractivity contribution in [2.24, 2.45) is 13.0 Å². The smallest absolute Gasteiger partial charge is 0.293 e. The molecule has 0 bridgehead atoms. The molecule has 2 N–H and O–H groups in total. The number of ketones is 1. The summed E-state index contributed by atoms with van der Waals surface area (Å²) in [6.07, 6.45) is 2.92. The molecule has 58 heavy (non-hydrogen) atoms. The van der Waals surface area contributed by atoms with Crippen molar-refractivity contribution in [1.82, 2.24) is 29.7 Å². The predicted molar refractivity (Wildman–Crippen MR) is 213 cm³/mol. The molecule has 6 heterocycles. The lowest BCUT2D eigenvalue weighted by Crippen LogP contribution is -2.54. The maximum Gasteiger partial charge on any atom is 0.293 e. The lowest BCUT2D eigenvalue weighted by atomic mass is 9.95. The topological polar surface area (TPSA) is 196 Å². The van der Waals surface area contributed by atoms with Gasteiger partial charge in [0.15, 0.2) is 17.4 Å². The van der Waals surface area contributed by atoms with Crippen molar-refractivity contribution in [3.63, 3.8) is 0 Å². The number of carbonyl (C=O) groups is 6. The lowest BCUT2D eigenvalue weighted by molar-refractivity contribution is -0.137. The average molecular weight is 810 g/mol. The number of imide groups is 2. The van der Waals surface area contributed by atoms with Gasteiger partial charge in [-0.25, -0.2) is 4.98 Å². The number of hydrogen-bond donors (Lipinski definition) is 2. The lowest BCUT2D eigenvalue weighted by Gasteiger charge is -2.39. The van der Waals surface area contributed by atoms with E-state index >= 15 is 0 Å². The third-order valence-corrected chi connectivity index (χ3v) is 11.4. The minimum Gasteiger partial charge on any atom is -0.480 e. The van der Waals surface area contributed by atoms with Crippen LogP contribution >= 0.6 is 11.6 Å². The number of benzene rings is 2. The van der Waals surface area contributed by atoms with Crippen molar-refractivity contribution in [3.8, 4) is 5.75 Å². The summed E-state index contributed by atoms with van der Waals surface area (Å²) in [5.41, 5.74) is 2.19. The second-order valence-electron chi connectivity index (χ2n) is 14.9. The second-order valence-corrected chi connectivity index (χ2v) is 15.3. The van der Waals surface area contributed by atoms with Crippen LogP contribution in [0.15, 0.2) is 53.5 Å². The number of ether oxygens (including phenoxy) is 1. The molecule has 0 radical (unpaired) electrons. The Morgan fingerprint density at radius 3 is 2.36 bits per heavy atom. The summed E-state index contributed by atoms with van der Waals surface area (Å²) in [6.45, 7) is 4.41. The molecule has 3 fully saturated rings. The standard InChI is InChI=1S/C40H40ClN9O8/c1-22(51)21-58-32-18-24-17-25(3-6-30(24)46(2)39(32)57)43-34-29(41)20-42-40(45-34)49-11-9-23(10-12-49)36(54)48-15-13-47(14-16-48)26-4-5-27-28(19-26)38(56)50(37(27)55)31-7-8-33(52)44-35(31)53/h3-6,17-20,23,31H,7-16,21H2,1-2H3,(H,42,43,45)(H,44,52,53). The molecule has 17 nitrogen and oxygen atoms in total. The highest BCUT2D eigenvalue weighted by Crippen LogP contribution is 2.33. The van der Waals surface area contributed by atoms with E-state index in [2.05, 4.69) is 20.5 Å². The fraction of sp³-hybridized carbons (Fsp3) is 0.375. The van der Waals surface area contributed by atoms with Crippen LogP contribution in [-0.4, -0.2) is 112 Å². The van der Waals surface area contributed by atoms with Gasteiger partial charge in [0.1, 0.15) is 17.7 Å². The zero-order valence-electron chi connectivity index (χ0n) is 31.8. The highest BCUT2D eigenvalue weighted by molar-refractivity contribution is 6.33. The van der Waals surface area contributed by atoms with Crippen LogP contribution < -0.4 is 30.7 Å². The van der Waals surface area contributed by atoms with Crippen molar-refractivity contribution in [2.45, 2.75) is 38.6 Å². The fourth-order valence-corrected chi connectivity index (χ4v) is 8.11. The number of halogens is 1. The van der Waals surface area contributed by atoms with Crippen molar-refractivity contribution in [1.29, 1.82) is 0 Å². The highest BCUT2D eigenvalue weighted by Gasteiger charge is 2.45. The molecule has 3 saturated heterocycles. The molecule has 2 aromatic heterocycles. The number of carbonyl (C=O) groups excluding carboxylic acids is 6. The summed E-state index contributed by atoms with van der Waals surface area (Å²) in [6, 6.07) is 11.1. The monoisotopic (exact) mass is 809 g/mol. The number of pyridine rings is 1. The molecule has 1 unspecified atom stereocenters. The summed E-state index contributed by atoms with van der Waals surface area (Å²) in [7, 11) is 1.64. The van der Waals surface area contributed by atoms with E-state index in [1.807, 2.05) is 15.9 Å². The van der Waals surface area contributed by atoms with Gasteiger partial charge < -0.3 is 29.3 Å². The number of piperidine rings is 2. The minimum absolute atomic E-state index is 0.0529. The number of rotatable bonds is 9. The molecule has 2 aromatic carbocycles. The van der Waals surface area contributed by atoms with Crippen LogP contribution in [0.2, 0.25) is 5.02 Å². The molecule has 18 heteroatoms. The minimum atomic E-state index is -1.03. The quantitative estimate of drug-likeness (QED) is 0.235. The van der Waals surface area contributed by atoms with Crippen LogP contribution in [-0.2, 0) is 26.2 Å². The average Bonchev–Trinajstić information content (AvgIpc) is 3.47. The number of piperazine rings is 1. The fourth-order valence-electron chi connectivity index (χ4n) is 7.97. The molecule has 0 spiro atoms. The SMILES string of the molecule is CC(=O)COc1cc2cc(Nc3nc(N4CCC(C(=O)N5CCN(c6ccc7c(c6)C(=O)N(C6CCC(=O)NC6=O)C7=O)CC5)CC4)ncc3Cl)ccc2n(C)c1=O. The van der Waals surface area contributed by atoms with Gasteiger partial charge in [-0.3, -0.25) is 43.8 Å². The molecule has 1 atom stereocenters. The zero-order chi connectivity index (χ0) is 40.8. The normalized spacial score (nSPS) is 18.8. The van der Waals surface area contributed by atoms with E-state index in [0.717, 1.165) is 10.6 Å². The number of aromatic nitrogens is 3. The molecule has 4 aliphatic heterocycles. The van der Waals surface area contributed by atoms with E-state index in [4.69, 9.17) is 21.3 Å². The number of Topliss-reactive ketones (excluding diaryl/α,β-unsaturated/α-hetero) is 1. The van der Waals surface area contributed by atoms with Crippen molar-refractivity contribution in [2.75, 3.05) is 61.0 Å². The number of fused-ring (bicyclic) bond motifs is 2. The Kier molecular flexibility index (Phi) is 10.3. The number of nitrogens with one attached hydrogen (secondary N) is 2. The first kappa shape index (κ1) is 38.5. The van der Waals surface area contributed by atoms with Gasteiger partial charge in [0.05, 0.1) is 22.8 Å². The van der Waals surface area contributed by atoms with E-state index in [-0.39, 0.29) is 59.5 Å². The Morgan fingerprint density at radius 2 is 1.64 bits per heavy atom. The largest absolute Gasteiger partial charge is 0.480 e. The van der Waals surface area contributed by atoms with Gasteiger partial charge >= 0.3 is 0 Å². The van der Waals surface area contributed by atoms with Gasteiger partial charge in [0.2, 0.25) is 23.7 Å².